The molecule has 0 fully saturated rings. The molecule has 0 saturated heterocycles. The smallest absolute Gasteiger partial charge is 0.387 e. The standard InChI is InChI=1S/C13H18F2N2O3/c1-8(16)12(18)17-6-5-9-3-4-10(19-2)11(7-9)20-13(14)15/h3-4,7-8,13H,5-6,16H2,1-2H3,(H,17,18)/t8-/m0/s1. The second-order valence-corrected chi connectivity index (χ2v) is 4.19. The monoisotopic (exact) mass is 288 g/mol. The summed E-state index contributed by atoms with van der Waals surface area (Å²) in [6.07, 6.45) is 0.474. The zero-order valence-corrected chi connectivity index (χ0v) is 11.4. The lowest BCUT2D eigenvalue weighted by Crippen LogP contribution is -2.39. The van der Waals surface area contributed by atoms with Crippen LogP contribution in [0.3, 0.4) is 0 Å². The maximum atomic E-state index is 12.3. The lowest BCUT2D eigenvalue weighted by molar-refractivity contribution is -0.121. The SMILES string of the molecule is COc1ccc(CCNC(=O)[C@H](C)N)cc1OC(F)F. The molecule has 0 unspecified atom stereocenters. The predicted octanol–water partition coefficient (Wildman–Crippen LogP) is 1.30. The lowest BCUT2D eigenvalue weighted by atomic mass is 10.1. The van der Waals surface area contributed by atoms with Crippen LogP contribution in [0.15, 0.2) is 18.2 Å². The third-order valence-corrected chi connectivity index (χ3v) is 2.57. The second-order valence-electron chi connectivity index (χ2n) is 4.19. The molecule has 0 radical (unpaired) electrons. The summed E-state index contributed by atoms with van der Waals surface area (Å²) in [6.45, 7) is -0.977. The molecule has 0 aliphatic rings. The Morgan fingerprint density at radius 1 is 1.40 bits per heavy atom. The molecule has 1 amide bonds. The Morgan fingerprint density at radius 3 is 2.65 bits per heavy atom. The van der Waals surface area contributed by atoms with E-state index in [9.17, 15) is 13.6 Å². The van der Waals surface area contributed by atoms with Crippen molar-refractivity contribution in [2.75, 3.05) is 13.7 Å². The van der Waals surface area contributed by atoms with Crippen molar-refractivity contribution in [1.82, 2.24) is 5.32 Å². The summed E-state index contributed by atoms with van der Waals surface area (Å²) in [7, 11) is 1.37. The van der Waals surface area contributed by atoms with Crippen LogP contribution in [0.1, 0.15) is 12.5 Å². The van der Waals surface area contributed by atoms with Gasteiger partial charge in [0, 0.05) is 6.54 Å². The zero-order chi connectivity index (χ0) is 15.1. The molecule has 0 spiro atoms. The van der Waals surface area contributed by atoms with E-state index < -0.39 is 12.7 Å². The highest BCUT2D eigenvalue weighted by molar-refractivity contribution is 5.80. The molecule has 0 aromatic heterocycles. The van der Waals surface area contributed by atoms with E-state index in [1.54, 1.807) is 19.1 Å². The van der Waals surface area contributed by atoms with Gasteiger partial charge in [-0.3, -0.25) is 4.79 Å². The van der Waals surface area contributed by atoms with Crippen LogP contribution in [-0.4, -0.2) is 32.2 Å². The number of alkyl halides is 2. The maximum Gasteiger partial charge on any atom is 0.387 e. The average molecular weight is 288 g/mol. The fraction of sp³-hybridized carbons (Fsp3) is 0.462. The Bertz CT molecular complexity index is 453. The summed E-state index contributed by atoms with van der Waals surface area (Å²) in [4.78, 5) is 11.3. The van der Waals surface area contributed by atoms with Crippen LogP contribution < -0.4 is 20.5 Å². The Hall–Kier alpha value is -1.89. The molecule has 5 nitrogen and oxygen atoms in total. The third-order valence-electron chi connectivity index (χ3n) is 2.57. The summed E-state index contributed by atoms with van der Waals surface area (Å²) in [6, 6.07) is 4.14. The van der Waals surface area contributed by atoms with Crippen LogP contribution >= 0.6 is 0 Å². The quantitative estimate of drug-likeness (QED) is 0.793. The predicted molar refractivity (Wildman–Crippen MR) is 70.0 cm³/mol. The van der Waals surface area contributed by atoms with Crippen molar-refractivity contribution in [3.05, 3.63) is 23.8 Å². The van der Waals surface area contributed by atoms with Gasteiger partial charge in [0.05, 0.1) is 13.2 Å². The highest BCUT2D eigenvalue weighted by Crippen LogP contribution is 2.29. The number of carbonyl (C=O) groups is 1. The van der Waals surface area contributed by atoms with Crippen LogP contribution in [0.5, 0.6) is 11.5 Å². The van der Waals surface area contributed by atoms with E-state index in [2.05, 4.69) is 10.1 Å². The van der Waals surface area contributed by atoms with Crippen molar-refractivity contribution in [3.8, 4) is 11.5 Å². The number of rotatable bonds is 7. The van der Waals surface area contributed by atoms with Crippen molar-refractivity contribution < 1.29 is 23.0 Å². The molecule has 3 N–H and O–H groups in total. The molecule has 0 aliphatic carbocycles. The van der Waals surface area contributed by atoms with Gasteiger partial charge in [-0.2, -0.15) is 8.78 Å². The molecule has 1 aromatic carbocycles. The van der Waals surface area contributed by atoms with E-state index >= 15 is 0 Å². The van der Waals surface area contributed by atoms with Gasteiger partial charge in [-0.05, 0) is 31.0 Å². The summed E-state index contributed by atoms with van der Waals surface area (Å²) < 4.78 is 33.8. The lowest BCUT2D eigenvalue weighted by Gasteiger charge is -2.12. The zero-order valence-electron chi connectivity index (χ0n) is 11.4. The Labute approximate surface area is 116 Å². The normalized spacial score (nSPS) is 12.1. The van der Waals surface area contributed by atoms with E-state index in [0.717, 1.165) is 5.56 Å². The number of halogens is 2. The number of ether oxygens (including phenoxy) is 2. The van der Waals surface area contributed by atoms with Crippen LogP contribution in [0.25, 0.3) is 0 Å². The maximum absolute atomic E-state index is 12.3. The minimum absolute atomic E-state index is 0.0291. The number of nitrogens with one attached hydrogen (secondary N) is 1. The van der Waals surface area contributed by atoms with Crippen LogP contribution in [0.2, 0.25) is 0 Å². The van der Waals surface area contributed by atoms with Gasteiger partial charge >= 0.3 is 6.61 Å². The second kappa shape index (κ2) is 7.64. The first-order valence-electron chi connectivity index (χ1n) is 6.09. The summed E-state index contributed by atoms with van der Waals surface area (Å²) in [5.41, 5.74) is 6.14. The minimum atomic E-state index is -2.92. The van der Waals surface area contributed by atoms with Gasteiger partial charge < -0.3 is 20.5 Å². The van der Waals surface area contributed by atoms with Gasteiger partial charge in [-0.25, -0.2) is 0 Å². The van der Waals surface area contributed by atoms with Gasteiger partial charge in [0.25, 0.3) is 0 Å². The van der Waals surface area contributed by atoms with Crippen LogP contribution in [0.4, 0.5) is 8.78 Å². The molecule has 0 heterocycles. The Morgan fingerprint density at radius 2 is 2.10 bits per heavy atom. The highest BCUT2D eigenvalue weighted by Gasteiger charge is 2.11. The molecule has 112 valence electrons. The molecule has 0 aliphatic heterocycles. The molecule has 1 atom stereocenters. The van der Waals surface area contributed by atoms with Crippen molar-refractivity contribution >= 4 is 5.91 Å². The van der Waals surface area contributed by atoms with E-state index in [1.165, 1.54) is 13.2 Å². The number of hydrogen-bond acceptors (Lipinski definition) is 4. The first kappa shape index (κ1) is 16.2. The van der Waals surface area contributed by atoms with Crippen molar-refractivity contribution in [2.24, 2.45) is 5.73 Å². The van der Waals surface area contributed by atoms with Gasteiger partial charge in [0.1, 0.15) is 0 Å². The molecule has 20 heavy (non-hydrogen) atoms. The number of nitrogens with two attached hydrogens (primary N) is 1. The number of amides is 1. The van der Waals surface area contributed by atoms with Crippen LogP contribution in [-0.2, 0) is 11.2 Å². The average Bonchev–Trinajstić information content (AvgIpc) is 2.38. The molecule has 1 aromatic rings. The van der Waals surface area contributed by atoms with Crippen molar-refractivity contribution in [2.45, 2.75) is 26.0 Å². The summed E-state index contributed by atoms with van der Waals surface area (Å²) in [5, 5.41) is 2.64. The number of benzene rings is 1. The topological polar surface area (TPSA) is 73.6 Å². The Kier molecular flexibility index (Phi) is 6.17. The van der Waals surface area contributed by atoms with Crippen molar-refractivity contribution in [3.63, 3.8) is 0 Å². The molecule has 0 bridgehead atoms. The summed E-state index contributed by atoms with van der Waals surface area (Å²) in [5.74, 6) is -0.0604. The molecular weight excluding hydrogens is 270 g/mol. The minimum Gasteiger partial charge on any atom is -0.493 e. The highest BCUT2D eigenvalue weighted by atomic mass is 19.3. The van der Waals surface area contributed by atoms with E-state index in [-0.39, 0.29) is 17.4 Å². The number of hydrogen-bond donors (Lipinski definition) is 2. The van der Waals surface area contributed by atoms with E-state index in [4.69, 9.17) is 10.5 Å². The van der Waals surface area contributed by atoms with E-state index in [0.29, 0.717) is 13.0 Å². The molecule has 0 saturated carbocycles. The summed E-state index contributed by atoms with van der Waals surface area (Å²) >= 11 is 0. The number of methoxy groups -OCH3 is 1. The Balaban J connectivity index is 2.64. The first-order valence-corrected chi connectivity index (χ1v) is 6.09. The van der Waals surface area contributed by atoms with E-state index in [1.807, 2.05) is 0 Å². The first-order chi connectivity index (χ1) is 9.43. The fourth-order valence-corrected chi connectivity index (χ4v) is 1.56. The molecule has 7 heteroatoms. The largest absolute Gasteiger partial charge is 0.493 e. The van der Waals surface area contributed by atoms with Gasteiger partial charge in [0.15, 0.2) is 11.5 Å². The molecule has 1 rings (SSSR count). The van der Waals surface area contributed by atoms with Gasteiger partial charge in [-0.1, -0.05) is 6.07 Å². The van der Waals surface area contributed by atoms with Crippen molar-refractivity contribution in [1.29, 1.82) is 0 Å². The van der Waals surface area contributed by atoms with Gasteiger partial charge in [0.2, 0.25) is 5.91 Å². The van der Waals surface area contributed by atoms with Crippen LogP contribution in [0, 0.1) is 0 Å². The fourth-order valence-electron chi connectivity index (χ4n) is 1.56. The van der Waals surface area contributed by atoms with Gasteiger partial charge in [-0.15, -0.1) is 0 Å². The molecular formula is C13H18F2N2O3. The number of carbonyl (C=O) groups excluding carboxylic acids is 1. The third kappa shape index (κ3) is 5.00.